The van der Waals surface area contributed by atoms with Crippen molar-refractivity contribution in [2.75, 3.05) is 0 Å². The SMILES string of the molecule is CC(N)c1ccc(-c2ccc(Cl)cc2)n(C2CC2)c1=O. The number of benzene rings is 1. The van der Waals surface area contributed by atoms with E-state index in [4.69, 9.17) is 17.3 Å². The number of nitrogens with zero attached hydrogens (tertiary/aromatic N) is 1. The van der Waals surface area contributed by atoms with Crippen molar-refractivity contribution in [3.8, 4) is 11.3 Å². The van der Waals surface area contributed by atoms with Crippen LogP contribution in [0.5, 0.6) is 0 Å². The predicted molar refractivity (Wildman–Crippen MR) is 82.0 cm³/mol. The van der Waals surface area contributed by atoms with Crippen LogP contribution in [0, 0.1) is 0 Å². The molecule has 2 aromatic rings. The maximum Gasteiger partial charge on any atom is 0.256 e. The summed E-state index contributed by atoms with van der Waals surface area (Å²) in [6.07, 6.45) is 2.12. The highest BCUT2D eigenvalue weighted by atomic mass is 35.5. The fraction of sp³-hybridized carbons (Fsp3) is 0.312. The molecule has 1 aromatic heterocycles. The molecule has 1 fully saturated rings. The Morgan fingerprint density at radius 2 is 1.85 bits per heavy atom. The van der Waals surface area contributed by atoms with Crippen molar-refractivity contribution < 1.29 is 0 Å². The van der Waals surface area contributed by atoms with Gasteiger partial charge in [-0.15, -0.1) is 0 Å². The Balaban J connectivity index is 2.18. The standard InChI is InChI=1S/C16H17ClN2O/c1-10(18)14-8-9-15(11-2-4-12(17)5-3-11)19(16(14)20)13-6-7-13/h2-5,8-10,13H,6-7,18H2,1H3. The molecule has 1 aliphatic carbocycles. The van der Waals surface area contributed by atoms with Crippen molar-refractivity contribution in [3.63, 3.8) is 0 Å². The van der Waals surface area contributed by atoms with E-state index >= 15 is 0 Å². The van der Waals surface area contributed by atoms with E-state index in [0.717, 1.165) is 24.1 Å². The Morgan fingerprint density at radius 1 is 1.20 bits per heavy atom. The van der Waals surface area contributed by atoms with Crippen molar-refractivity contribution in [3.05, 3.63) is 57.3 Å². The van der Waals surface area contributed by atoms with Gasteiger partial charge in [-0.2, -0.15) is 0 Å². The Hall–Kier alpha value is -1.58. The zero-order valence-corrected chi connectivity index (χ0v) is 12.1. The van der Waals surface area contributed by atoms with Crippen LogP contribution in [0.1, 0.15) is 37.4 Å². The molecule has 20 heavy (non-hydrogen) atoms. The van der Waals surface area contributed by atoms with Crippen LogP contribution in [-0.4, -0.2) is 4.57 Å². The monoisotopic (exact) mass is 288 g/mol. The summed E-state index contributed by atoms with van der Waals surface area (Å²) in [5.41, 5.74) is 8.55. The van der Waals surface area contributed by atoms with E-state index in [9.17, 15) is 4.79 Å². The molecule has 104 valence electrons. The summed E-state index contributed by atoms with van der Waals surface area (Å²) in [5, 5.41) is 0.696. The van der Waals surface area contributed by atoms with Crippen molar-refractivity contribution in [1.29, 1.82) is 0 Å². The number of nitrogens with two attached hydrogens (primary N) is 1. The van der Waals surface area contributed by atoms with Gasteiger partial charge in [0.15, 0.2) is 0 Å². The average molecular weight is 289 g/mol. The lowest BCUT2D eigenvalue weighted by Gasteiger charge is -2.15. The molecule has 1 heterocycles. The Morgan fingerprint density at radius 3 is 2.40 bits per heavy atom. The van der Waals surface area contributed by atoms with Crippen molar-refractivity contribution >= 4 is 11.6 Å². The van der Waals surface area contributed by atoms with Gasteiger partial charge < -0.3 is 10.3 Å². The van der Waals surface area contributed by atoms with Crippen molar-refractivity contribution in [1.82, 2.24) is 4.57 Å². The van der Waals surface area contributed by atoms with Crippen molar-refractivity contribution in [2.45, 2.75) is 31.8 Å². The first-order valence-electron chi connectivity index (χ1n) is 6.85. The second-order valence-electron chi connectivity index (χ2n) is 5.38. The highest BCUT2D eigenvalue weighted by Gasteiger charge is 2.28. The van der Waals surface area contributed by atoms with E-state index in [-0.39, 0.29) is 11.6 Å². The zero-order valence-electron chi connectivity index (χ0n) is 11.3. The van der Waals surface area contributed by atoms with E-state index < -0.39 is 0 Å². The lowest BCUT2D eigenvalue weighted by Crippen LogP contribution is -2.27. The first-order chi connectivity index (χ1) is 9.58. The summed E-state index contributed by atoms with van der Waals surface area (Å²) in [6.45, 7) is 1.84. The Kier molecular flexibility index (Phi) is 3.40. The molecule has 0 aliphatic heterocycles. The smallest absolute Gasteiger partial charge is 0.256 e. The number of rotatable bonds is 3. The lowest BCUT2D eigenvalue weighted by atomic mass is 10.1. The minimum atomic E-state index is -0.244. The highest BCUT2D eigenvalue weighted by Crippen LogP contribution is 2.37. The number of hydrogen-bond acceptors (Lipinski definition) is 2. The van der Waals surface area contributed by atoms with Gasteiger partial charge in [0.05, 0.1) is 5.69 Å². The molecule has 3 nitrogen and oxygen atoms in total. The van der Waals surface area contributed by atoms with Crippen molar-refractivity contribution in [2.24, 2.45) is 5.73 Å². The van der Waals surface area contributed by atoms with E-state index in [1.54, 1.807) is 0 Å². The lowest BCUT2D eigenvalue weighted by molar-refractivity contribution is 0.684. The Labute approximate surface area is 123 Å². The predicted octanol–water partition coefficient (Wildman–Crippen LogP) is 3.52. The van der Waals surface area contributed by atoms with Gasteiger partial charge in [0, 0.05) is 22.7 Å². The van der Waals surface area contributed by atoms with Gasteiger partial charge in [0.25, 0.3) is 5.56 Å². The van der Waals surface area contributed by atoms with Crippen LogP contribution in [0.3, 0.4) is 0 Å². The molecule has 0 amide bonds. The van der Waals surface area contributed by atoms with Gasteiger partial charge in [0.1, 0.15) is 0 Å². The molecular formula is C16H17ClN2O. The summed E-state index contributed by atoms with van der Waals surface area (Å²) in [4.78, 5) is 12.6. The minimum absolute atomic E-state index is 0.0370. The van der Waals surface area contributed by atoms with Gasteiger partial charge in [-0.1, -0.05) is 23.7 Å². The topological polar surface area (TPSA) is 48.0 Å². The van der Waals surface area contributed by atoms with Crippen LogP contribution in [0.25, 0.3) is 11.3 Å². The van der Waals surface area contributed by atoms with Crippen LogP contribution in [-0.2, 0) is 0 Å². The summed E-state index contributed by atoms with van der Waals surface area (Å²) in [6, 6.07) is 11.5. The molecule has 1 atom stereocenters. The van der Waals surface area contributed by atoms with Gasteiger partial charge in [0.2, 0.25) is 0 Å². The van der Waals surface area contributed by atoms with Gasteiger partial charge in [-0.05, 0) is 49.6 Å². The molecule has 0 radical (unpaired) electrons. The second kappa shape index (κ2) is 5.08. The van der Waals surface area contributed by atoms with E-state index in [0.29, 0.717) is 16.6 Å². The fourth-order valence-corrected chi connectivity index (χ4v) is 2.59. The third-order valence-electron chi connectivity index (χ3n) is 3.69. The van der Waals surface area contributed by atoms with E-state index in [1.165, 1.54) is 0 Å². The molecule has 3 rings (SSSR count). The normalized spacial score (nSPS) is 16.1. The number of aromatic nitrogens is 1. The van der Waals surface area contributed by atoms with Crippen LogP contribution in [0.2, 0.25) is 5.02 Å². The summed E-state index contributed by atoms with van der Waals surface area (Å²) in [5.74, 6) is 0. The summed E-state index contributed by atoms with van der Waals surface area (Å²) >= 11 is 5.93. The maximum atomic E-state index is 12.6. The van der Waals surface area contributed by atoms with Crippen LogP contribution < -0.4 is 11.3 Å². The molecule has 2 N–H and O–H groups in total. The molecule has 0 saturated heterocycles. The molecule has 1 aromatic carbocycles. The van der Waals surface area contributed by atoms with Crippen LogP contribution in [0.15, 0.2) is 41.2 Å². The van der Waals surface area contributed by atoms with Crippen LogP contribution in [0.4, 0.5) is 0 Å². The number of halogens is 1. The third kappa shape index (κ3) is 2.39. The molecule has 0 spiro atoms. The van der Waals surface area contributed by atoms with Crippen LogP contribution >= 0.6 is 11.6 Å². The average Bonchev–Trinajstić information content (AvgIpc) is 3.23. The first-order valence-corrected chi connectivity index (χ1v) is 7.22. The third-order valence-corrected chi connectivity index (χ3v) is 3.94. The number of hydrogen-bond donors (Lipinski definition) is 1. The first kappa shape index (κ1) is 13.4. The largest absolute Gasteiger partial charge is 0.324 e. The van der Waals surface area contributed by atoms with Gasteiger partial charge >= 0.3 is 0 Å². The molecule has 1 unspecified atom stereocenters. The highest BCUT2D eigenvalue weighted by molar-refractivity contribution is 6.30. The second-order valence-corrected chi connectivity index (χ2v) is 5.81. The molecule has 4 heteroatoms. The minimum Gasteiger partial charge on any atom is -0.324 e. The van der Waals surface area contributed by atoms with E-state index in [2.05, 4.69) is 0 Å². The fourth-order valence-electron chi connectivity index (χ4n) is 2.47. The molecular weight excluding hydrogens is 272 g/mol. The molecule has 1 aliphatic rings. The van der Waals surface area contributed by atoms with Gasteiger partial charge in [-0.3, -0.25) is 4.79 Å². The van der Waals surface area contributed by atoms with E-state index in [1.807, 2.05) is 47.9 Å². The van der Waals surface area contributed by atoms with Gasteiger partial charge in [-0.25, -0.2) is 0 Å². The molecule has 1 saturated carbocycles. The quantitative estimate of drug-likeness (QED) is 0.939. The summed E-state index contributed by atoms with van der Waals surface area (Å²) < 4.78 is 1.89. The number of pyridine rings is 1. The molecule has 0 bridgehead atoms. The zero-order chi connectivity index (χ0) is 14.3. The maximum absolute atomic E-state index is 12.6. The summed E-state index contributed by atoms with van der Waals surface area (Å²) in [7, 11) is 0. The Bertz CT molecular complexity index is 685.